The molecular formula is C39H48N6O7S. The highest BCUT2D eigenvalue weighted by molar-refractivity contribution is 7.13. The molecule has 2 aliphatic heterocycles. The Morgan fingerprint density at radius 3 is 2.42 bits per heavy atom. The van der Waals surface area contributed by atoms with Crippen LogP contribution in [-0.2, 0) is 25.6 Å². The highest BCUT2D eigenvalue weighted by Gasteiger charge is 2.40. The fourth-order valence-corrected chi connectivity index (χ4v) is 7.88. The van der Waals surface area contributed by atoms with Crippen LogP contribution < -0.4 is 20.7 Å². The van der Waals surface area contributed by atoms with Crippen molar-refractivity contribution in [2.75, 3.05) is 32.8 Å². The molecule has 1 aromatic heterocycles. The lowest BCUT2D eigenvalue weighted by Crippen LogP contribution is -2.58. The third kappa shape index (κ3) is 9.41. The first-order valence-corrected chi connectivity index (χ1v) is 19.1. The summed E-state index contributed by atoms with van der Waals surface area (Å²) in [5.41, 5.74) is 2.27. The number of carbonyl (C=O) groups is 5. The molecule has 13 nitrogen and oxygen atoms in total. The minimum Gasteiger partial charge on any atom is -0.484 e. The van der Waals surface area contributed by atoms with Gasteiger partial charge in [-0.1, -0.05) is 56.3 Å². The summed E-state index contributed by atoms with van der Waals surface area (Å²) in [6, 6.07) is 13.6. The smallest absolute Gasteiger partial charge is 0.265 e. The average Bonchev–Trinajstić information content (AvgIpc) is 3.71. The van der Waals surface area contributed by atoms with Gasteiger partial charge in [0.1, 0.15) is 22.7 Å². The van der Waals surface area contributed by atoms with E-state index in [9.17, 15) is 29.1 Å². The van der Waals surface area contributed by atoms with Crippen molar-refractivity contribution in [3.8, 4) is 5.75 Å². The molecule has 3 heterocycles. The third-order valence-electron chi connectivity index (χ3n) is 9.91. The Labute approximate surface area is 313 Å². The predicted molar refractivity (Wildman–Crippen MR) is 198 cm³/mol. The van der Waals surface area contributed by atoms with Crippen LogP contribution in [-0.4, -0.2) is 106 Å². The number of aliphatic hydroxyl groups excluding tert-OH is 1. The summed E-state index contributed by atoms with van der Waals surface area (Å²) in [5.74, 6) is -1.95. The van der Waals surface area contributed by atoms with Gasteiger partial charge in [0, 0.05) is 37.9 Å². The lowest BCUT2D eigenvalue weighted by Gasteiger charge is -2.30. The second-order valence-electron chi connectivity index (χ2n) is 14.7. The number of carbonyl (C=O) groups excluding carboxylic acids is 5. The predicted octanol–water partition coefficient (Wildman–Crippen LogP) is 2.52. The molecule has 0 radical (unpaired) electrons. The number of likely N-dealkylation sites (tertiary alicyclic amines) is 1. The molecule has 0 unspecified atom stereocenters. The Morgan fingerprint density at radius 2 is 1.74 bits per heavy atom. The van der Waals surface area contributed by atoms with Gasteiger partial charge in [-0.2, -0.15) is 0 Å². The number of nitrogens with one attached hydrogen (secondary N) is 3. The van der Waals surface area contributed by atoms with Crippen LogP contribution in [0.15, 0.2) is 54.6 Å². The molecule has 4 N–H and O–H groups in total. The molecule has 282 valence electrons. The van der Waals surface area contributed by atoms with E-state index in [-0.39, 0.29) is 49.7 Å². The normalized spacial score (nSPS) is 23.7. The number of aryl methyl sites for hydroxylation is 1. The molecule has 6 rings (SSSR count). The zero-order valence-corrected chi connectivity index (χ0v) is 31.4. The molecule has 2 fully saturated rings. The summed E-state index contributed by atoms with van der Waals surface area (Å²) >= 11 is 1.38. The number of hydrogen-bond donors (Lipinski definition) is 4. The molecule has 3 aromatic rings. The highest BCUT2D eigenvalue weighted by atomic mass is 32.1. The minimum atomic E-state index is -1.31. The van der Waals surface area contributed by atoms with Crippen molar-refractivity contribution < 1.29 is 33.8 Å². The van der Waals surface area contributed by atoms with Gasteiger partial charge in [0.05, 0.1) is 29.4 Å². The van der Waals surface area contributed by atoms with Crippen LogP contribution >= 0.6 is 11.3 Å². The Hall–Kier alpha value is -4.82. The first-order valence-electron chi connectivity index (χ1n) is 18.3. The molecule has 3 aliphatic rings. The molecule has 1 saturated heterocycles. The van der Waals surface area contributed by atoms with Crippen LogP contribution in [0.2, 0.25) is 0 Å². The number of amides is 5. The van der Waals surface area contributed by atoms with Crippen molar-refractivity contribution in [1.82, 2.24) is 30.7 Å². The van der Waals surface area contributed by atoms with Gasteiger partial charge in [-0.15, -0.1) is 11.3 Å². The molecule has 2 bridgehead atoms. The number of ether oxygens (including phenoxy) is 1. The van der Waals surface area contributed by atoms with Crippen LogP contribution in [0.4, 0.5) is 0 Å². The van der Waals surface area contributed by atoms with Gasteiger partial charge in [-0.25, -0.2) is 4.98 Å². The molecule has 5 atom stereocenters. The Morgan fingerprint density at radius 1 is 0.981 bits per heavy atom. The highest BCUT2D eigenvalue weighted by Crippen LogP contribution is 2.34. The number of nitrogens with zero attached hydrogens (tertiary/aromatic N) is 3. The molecule has 53 heavy (non-hydrogen) atoms. The first-order chi connectivity index (χ1) is 25.4. The fraction of sp³-hybridized carbons (Fsp3) is 0.487. The van der Waals surface area contributed by atoms with Gasteiger partial charge in [0.15, 0.2) is 6.61 Å². The second kappa shape index (κ2) is 16.5. The van der Waals surface area contributed by atoms with Crippen molar-refractivity contribution >= 4 is 40.9 Å². The van der Waals surface area contributed by atoms with Gasteiger partial charge in [0.25, 0.3) is 11.8 Å². The summed E-state index contributed by atoms with van der Waals surface area (Å²) < 4.78 is 5.87. The van der Waals surface area contributed by atoms with Gasteiger partial charge in [-0.05, 0) is 55.9 Å². The summed E-state index contributed by atoms with van der Waals surface area (Å²) in [4.78, 5) is 77.2. The van der Waals surface area contributed by atoms with E-state index in [0.29, 0.717) is 22.9 Å². The SMILES string of the molecule is Cc1nc(C(C)C)sc1C(=O)N1C[C@@H]2NC(=O)[C@H](Cc3ccccc3)NC(=O)CN(CC3CC3)C(=O)[C@H]([C@@H](C)O)NC(=O)COc3cccc(c3)[C@H]2C1. The monoisotopic (exact) mass is 744 g/mol. The Kier molecular flexibility index (Phi) is 11.8. The summed E-state index contributed by atoms with van der Waals surface area (Å²) in [6.07, 6.45) is 0.722. The van der Waals surface area contributed by atoms with Crippen molar-refractivity contribution in [2.24, 2.45) is 5.92 Å². The molecule has 1 saturated carbocycles. The lowest BCUT2D eigenvalue weighted by molar-refractivity contribution is -0.143. The molecule has 14 heteroatoms. The summed E-state index contributed by atoms with van der Waals surface area (Å²) in [5, 5.41) is 20.1. The van der Waals surface area contributed by atoms with Crippen LogP contribution in [0.5, 0.6) is 5.75 Å². The maximum atomic E-state index is 14.3. The van der Waals surface area contributed by atoms with E-state index in [4.69, 9.17) is 4.74 Å². The summed E-state index contributed by atoms with van der Waals surface area (Å²) in [6.45, 7) is 7.29. The Bertz CT molecular complexity index is 1830. The first kappa shape index (κ1) is 37.9. The number of benzene rings is 2. The second-order valence-corrected chi connectivity index (χ2v) is 15.7. The number of rotatable bonds is 7. The van der Waals surface area contributed by atoms with E-state index in [1.54, 1.807) is 23.1 Å². The van der Waals surface area contributed by atoms with E-state index < -0.39 is 54.5 Å². The number of fused-ring (bicyclic) bond motifs is 4. The molecule has 2 aromatic carbocycles. The average molecular weight is 745 g/mol. The minimum absolute atomic E-state index is 0.168. The van der Waals surface area contributed by atoms with E-state index in [1.807, 2.05) is 57.2 Å². The number of hydrogen-bond acceptors (Lipinski definition) is 9. The number of aromatic nitrogens is 1. The van der Waals surface area contributed by atoms with Crippen LogP contribution in [0.25, 0.3) is 0 Å². The van der Waals surface area contributed by atoms with Crippen LogP contribution in [0, 0.1) is 12.8 Å². The van der Waals surface area contributed by atoms with Crippen molar-refractivity contribution in [1.29, 1.82) is 0 Å². The molecule has 0 spiro atoms. The van der Waals surface area contributed by atoms with E-state index >= 15 is 0 Å². The van der Waals surface area contributed by atoms with Crippen molar-refractivity contribution in [3.63, 3.8) is 0 Å². The van der Waals surface area contributed by atoms with Gasteiger partial charge >= 0.3 is 0 Å². The van der Waals surface area contributed by atoms with Gasteiger partial charge in [-0.3, -0.25) is 24.0 Å². The fourth-order valence-electron chi connectivity index (χ4n) is 6.84. The lowest BCUT2D eigenvalue weighted by atomic mass is 9.93. The third-order valence-corrected chi connectivity index (χ3v) is 11.4. The van der Waals surface area contributed by atoms with E-state index in [1.165, 1.54) is 23.2 Å². The zero-order valence-electron chi connectivity index (χ0n) is 30.5. The van der Waals surface area contributed by atoms with Crippen molar-refractivity contribution in [2.45, 2.75) is 83.0 Å². The Balaban J connectivity index is 1.34. The zero-order chi connectivity index (χ0) is 37.8. The molecule has 5 amide bonds. The van der Waals surface area contributed by atoms with Crippen LogP contribution in [0.3, 0.4) is 0 Å². The quantitative estimate of drug-likeness (QED) is 0.286. The van der Waals surface area contributed by atoms with Gasteiger partial charge in [0.2, 0.25) is 17.7 Å². The largest absolute Gasteiger partial charge is 0.484 e. The van der Waals surface area contributed by atoms with E-state index in [2.05, 4.69) is 20.9 Å². The maximum absolute atomic E-state index is 14.3. The molecule has 1 aliphatic carbocycles. The maximum Gasteiger partial charge on any atom is 0.265 e. The molecular weight excluding hydrogens is 697 g/mol. The van der Waals surface area contributed by atoms with Crippen LogP contribution in [0.1, 0.15) is 76.9 Å². The number of aliphatic hydroxyl groups is 1. The van der Waals surface area contributed by atoms with E-state index in [0.717, 1.165) is 29.0 Å². The van der Waals surface area contributed by atoms with Crippen molar-refractivity contribution in [3.05, 3.63) is 81.3 Å². The van der Waals surface area contributed by atoms with Gasteiger partial charge < -0.3 is 35.6 Å². The topological polar surface area (TPSA) is 170 Å². The summed E-state index contributed by atoms with van der Waals surface area (Å²) in [7, 11) is 0. The standard InChI is InChI=1S/C39H48N6O7S/c1-22(2)37-40-23(3)35(53-37)39(51)45-18-29-27-11-8-12-28(16-27)52-21-33(48)43-34(24(4)46)38(50)44(17-26-13-14-26)20-32(47)41-30(36(49)42-31(29)19-45)15-25-9-6-5-7-10-25/h5-12,16,22,24,26,29-31,34,46H,13-15,17-21H2,1-4H3,(H,41,47)(H,42,49)(H,43,48)/t24-,29-,30+,31+,34+/m1/s1. The number of thiazole rings is 1.